The quantitative estimate of drug-likeness (QED) is 0.122. The molecule has 0 aliphatic carbocycles. The van der Waals surface area contributed by atoms with Gasteiger partial charge in [-0.1, -0.05) is 81.2 Å². The Labute approximate surface area is 313 Å². The van der Waals surface area contributed by atoms with Gasteiger partial charge in [-0.3, -0.25) is 9.59 Å². The van der Waals surface area contributed by atoms with Gasteiger partial charge < -0.3 is 29.2 Å². The maximum Gasteiger partial charge on any atom is 0.400 e. The van der Waals surface area contributed by atoms with Crippen LogP contribution in [0.3, 0.4) is 0 Å². The molecular weight excluding hydrogens is 791 g/mol. The van der Waals surface area contributed by atoms with Crippen molar-refractivity contribution >= 4 is 110 Å². The zero-order valence-corrected chi connectivity index (χ0v) is 30.0. The highest BCUT2D eigenvalue weighted by atomic mass is 35.5. The number of carboxylic acids is 3. The number of oxazole rings is 1. The van der Waals surface area contributed by atoms with Gasteiger partial charge in [0.1, 0.15) is 17.0 Å². The van der Waals surface area contributed by atoms with Gasteiger partial charge >= 0.3 is 24.0 Å². The molecule has 4 aromatic carbocycles. The molecule has 0 aliphatic rings. The first kappa shape index (κ1) is 39.8. The van der Waals surface area contributed by atoms with Gasteiger partial charge in [-0.15, -0.1) is 0 Å². The molecule has 258 valence electrons. The third-order valence-electron chi connectivity index (χ3n) is 5.95. The van der Waals surface area contributed by atoms with E-state index in [0.29, 0.717) is 58.8 Å². The van der Waals surface area contributed by atoms with Gasteiger partial charge in [-0.25, -0.2) is 4.79 Å². The Morgan fingerprint density at radius 3 is 1.63 bits per heavy atom. The van der Waals surface area contributed by atoms with Gasteiger partial charge in [0.05, 0.1) is 32.9 Å². The van der Waals surface area contributed by atoms with E-state index in [1.54, 1.807) is 42.5 Å². The van der Waals surface area contributed by atoms with Gasteiger partial charge in [0.15, 0.2) is 11.7 Å². The first-order valence-electron chi connectivity index (χ1n) is 13.5. The lowest BCUT2D eigenvalue weighted by Crippen LogP contribution is -2.22. The minimum Gasteiger partial charge on any atom is -0.481 e. The molecule has 3 N–H and O–H groups in total. The zero-order valence-electron chi connectivity index (χ0n) is 24.7. The Balaban J connectivity index is 0.000000215. The van der Waals surface area contributed by atoms with Crippen LogP contribution in [0.25, 0.3) is 11.1 Å². The summed E-state index contributed by atoms with van der Waals surface area (Å²) in [6.45, 7) is 1.45. The summed E-state index contributed by atoms with van der Waals surface area (Å²) >= 11 is 40.3. The van der Waals surface area contributed by atoms with Crippen LogP contribution in [-0.4, -0.2) is 44.3 Å². The fourth-order valence-electron chi connectivity index (χ4n) is 3.63. The van der Waals surface area contributed by atoms with E-state index in [-0.39, 0.29) is 29.0 Å². The fourth-order valence-corrected chi connectivity index (χ4v) is 5.15. The van der Waals surface area contributed by atoms with E-state index in [1.165, 1.54) is 31.2 Å². The van der Waals surface area contributed by atoms with Crippen LogP contribution in [0.4, 0.5) is 0 Å². The Hall–Kier alpha value is -3.61. The Kier molecular flexibility index (Phi) is 15.0. The lowest BCUT2D eigenvalue weighted by Gasteiger charge is -2.10. The van der Waals surface area contributed by atoms with Crippen LogP contribution < -0.4 is 9.47 Å². The number of aliphatic carboxylic acids is 3. The lowest BCUT2D eigenvalue weighted by atomic mass is 10.1. The highest BCUT2D eigenvalue weighted by Crippen LogP contribution is 2.33. The van der Waals surface area contributed by atoms with Crippen molar-refractivity contribution in [3.63, 3.8) is 0 Å². The molecule has 1 atom stereocenters. The van der Waals surface area contributed by atoms with Gasteiger partial charge in [0, 0.05) is 32.3 Å². The molecule has 49 heavy (non-hydrogen) atoms. The minimum absolute atomic E-state index is 0.0924. The number of rotatable bonds is 9. The van der Waals surface area contributed by atoms with Crippen molar-refractivity contribution in [1.82, 2.24) is 4.98 Å². The fraction of sp³-hybridized carbons (Fsp3) is 0.125. The number of fused-ring (bicyclic) bond motifs is 1. The number of carbonyl (C=O) groups is 3. The normalized spacial score (nSPS) is 11.0. The molecular formula is C32H22Cl7NO9. The van der Waals surface area contributed by atoms with Gasteiger partial charge in [-0.05, 0) is 67.6 Å². The Morgan fingerprint density at radius 2 is 1.16 bits per heavy atom. The summed E-state index contributed by atoms with van der Waals surface area (Å²) < 4.78 is 16.2. The van der Waals surface area contributed by atoms with Crippen molar-refractivity contribution < 1.29 is 43.6 Å². The summed E-state index contributed by atoms with van der Waals surface area (Å²) in [4.78, 5) is 35.8. The van der Waals surface area contributed by atoms with Crippen LogP contribution in [0.5, 0.6) is 17.6 Å². The third kappa shape index (κ3) is 12.0. The molecule has 0 spiro atoms. The van der Waals surface area contributed by atoms with Crippen molar-refractivity contribution in [3.05, 3.63) is 113 Å². The van der Waals surface area contributed by atoms with E-state index in [2.05, 4.69) is 4.98 Å². The molecule has 1 aromatic heterocycles. The third-order valence-corrected chi connectivity index (χ3v) is 8.58. The van der Waals surface area contributed by atoms with E-state index in [9.17, 15) is 14.4 Å². The maximum atomic E-state index is 10.7. The molecule has 10 nitrogen and oxygen atoms in total. The van der Waals surface area contributed by atoms with Gasteiger partial charge in [-0.2, -0.15) is 4.98 Å². The van der Waals surface area contributed by atoms with Crippen LogP contribution in [-0.2, 0) is 27.2 Å². The predicted molar refractivity (Wildman–Crippen MR) is 189 cm³/mol. The topological polar surface area (TPSA) is 156 Å². The van der Waals surface area contributed by atoms with Crippen molar-refractivity contribution in [3.8, 4) is 17.6 Å². The smallest absolute Gasteiger partial charge is 0.400 e. The van der Waals surface area contributed by atoms with E-state index in [0.717, 1.165) is 0 Å². The molecule has 0 saturated carbocycles. The molecule has 17 heteroatoms. The van der Waals surface area contributed by atoms with Crippen molar-refractivity contribution in [2.24, 2.45) is 0 Å². The summed E-state index contributed by atoms with van der Waals surface area (Å²) in [6.07, 6.45) is -1.28. The standard InChI is InChI=1S/C16H12ClNO5.2C8H5Cl3O2/c1-9(15(19)20)21-11-3-5-12(6-4-11)22-16-18-13-7-2-10(17)8-14(13)23-16;2*9-5-1-2-6(10)8(11)4(5)3-7(12)13/h2-9H,1H3,(H,19,20);2*1-2H,3H2,(H,12,13). The maximum absolute atomic E-state index is 10.7. The highest BCUT2D eigenvalue weighted by Gasteiger charge is 2.15. The second kappa shape index (κ2) is 18.4. The summed E-state index contributed by atoms with van der Waals surface area (Å²) in [5.74, 6) is -2.11. The van der Waals surface area contributed by atoms with Crippen LogP contribution in [0.1, 0.15) is 18.1 Å². The summed E-state index contributed by atoms with van der Waals surface area (Å²) in [5.41, 5.74) is 1.87. The number of hydrogen-bond donors (Lipinski definition) is 3. The number of nitrogens with zero attached hydrogens (tertiary/aromatic N) is 1. The van der Waals surface area contributed by atoms with Crippen LogP contribution >= 0.6 is 81.2 Å². The predicted octanol–water partition coefficient (Wildman–Crippen LogP) is 10.7. The zero-order chi connectivity index (χ0) is 36.4. The Morgan fingerprint density at radius 1 is 0.694 bits per heavy atom. The van der Waals surface area contributed by atoms with E-state index < -0.39 is 24.0 Å². The lowest BCUT2D eigenvalue weighted by molar-refractivity contribution is -0.144. The Bertz CT molecular complexity index is 1900. The van der Waals surface area contributed by atoms with Crippen molar-refractivity contribution in [2.45, 2.75) is 25.9 Å². The van der Waals surface area contributed by atoms with E-state index >= 15 is 0 Å². The number of aromatic nitrogens is 1. The monoisotopic (exact) mass is 809 g/mol. The highest BCUT2D eigenvalue weighted by molar-refractivity contribution is 6.44. The summed E-state index contributed by atoms with van der Waals surface area (Å²) in [7, 11) is 0. The van der Waals surface area contributed by atoms with E-state index in [1.807, 2.05) is 0 Å². The van der Waals surface area contributed by atoms with Gasteiger partial charge in [0.25, 0.3) is 0 Å². The molecule has 1 unspecified atom stereocenters. The molecule has 5 rings (SSSR count). The molecule has 0 amide bonds. The second-order valence-electron chi connectivity index (χ2n) is 9.55. The molecule has 5 aromatic rings. The number of benzene rings is 4. The summed E-state index contributed by atoms with van der Waals surface area (Å²) in [6, 6.07) is 17.7. The van der Waals surface area contributed by atoms with Crippen LogP contribution in [0.2, 0.25) is 35.2 Å². The van der Waals surface area contributed by atoms with Crippen LogP contribution in [0, 0.1) is 0 Å². The van der Waals surface area contributed by atoms with Gasteiger partial charge in [0.2, 0.25) is 0 Å². The van der Waals surface area contributed by atoms with Crippen molar-refractivity contribution in [2.75, 3.05) is 0 Å². The average Bonchev–Trinajstić information content (AvgIpc) is 3.44. The van der Waals surface area contributed by atoms with Crippen molar-refractivity contribution in [1.29, 1.82) is 0 Å². The number of carboxylic acid groups (broad SMARTS) is 3. The molecule has 1 heterocycles. The first-order chi connectivity index (χ1) is 23.0. The number of halogens is 7. The molecule has 0 aliphatic heterocycles. The molecule has 0 radical (unpaired) electrons. The summed E-state index contributed by atoms with van der Waals surface area (Å²) in [5, 5.41) is 28.1. The number of ether oxygens (including phenoxy) is 2. The SMILES string of the molecule is CC(Oc1ccc(Oc2nc3ccc(Cl)cc3o2)cc1)C(=O)O.O=C(O)Cc1c(Cl)ccc(Cl)c1Cl.O=C(O)Cc1c(Cl)ccc(Cl)c1Cl. The van der Waals surface area contributed by atoms with Crippen LogP contribution in [0.15, 0.2) is 71.1 Å². The molecule has 0 bridgehead atoms. The molecule has 0 fully saturated rings. The minimum atomic E-state index is -1.03. The average molecular weight is 813 g/mol. The number of hydrogen-bond acceptors (Lipinski definition) is 7. The second-order valence-corrected chi connectivity index (χ2v) is 12.4. The largest absolute Gasteiger partial charge is 0.481 e. The molecule has 0 saturated heterocycles. The first-order valence-corrected chi connectivity index (χ1v) is 16.1. The van der Waals surface area contributed by atoms with E-state index in [4.69, 9.17) is 110 Å².